The predicted molar refractivity (Wildman–Crippen MR) is 103 cm³/mol. The Morgan fingerprint density at radius 1 is 1.12 bits per heavy atom. The highest BCUT2D eigenvalue weighted by atomic mass is 32.2. The molecule has 0 heterocycles. The lowest BCUT2D eigenvalue weighted by atomic mass is 9.69. The Morgan fingerprint density at radius 2 is 1.68 bits per heavy atom. The van der Waals surface area contributed by atoms with Gasteiger partial charge in [0.1, 0.15) is 6.61 Å². The molecule has 0 amide bonds. The molecule has 0 saturated carbocycles. The molecule has 0 radical (unpaired) electrons. The Labute approximate surface area is 156 Å². The quantitative estimate of drug-likeness (QED) is 0.470. The SMILES string of the molecule is CCC(O)COC(=O)CSC(CC)(CC)CC(C)(C(=O)O)C(C)CC. The van der Waals surface area contributed by atoms with Gasteiger partial charge in [0, 0.05) is 4.75 Å². The third-order valence-electron chi connectivity index (χ3n) is 5.57. The number of hydrogen-bond acceptors (Lipinski definition) is 5. The first kappa shape index (κ1) is 24.2. The average molecular weight is 377 g/mol. The summed E-state index contributed by atoms with van der Waals surface area (Å²) in [7, 11) is 0. The Kier molecular flexibility index (Phi) is 10.7. The van der Waals surface area contributed by atoms with Crippen LogP contribution in [0.3, 0.4) is 0 Å². The minimum atomic E-state index is -0.823. The van der Waals surface area contributed by atoms with E-state index in [9.17, 15) is 19.8 Å². The van der Waals surface area contributed by atoms with E-state index in [0.29, 0.717) is 12.8 Å². The summed E-state index contributed by atoms with van der Waals surface area (Å²) < 4.78 is 4.82. The Bertz CT molecular complexity index is 422. The molecule has 6 heteroatoms. The zero-order chi connectivity index (χ0) is 19.7. The minimum absolute atomic E-state index is 0.0147. The van der Waals surface area contributed by atoms with Crippen molar-refractivity contribution in [2.24, 2.45) is 11.3 Å². The first-order valence-corrected chi connectivity index (χ1v) is 10.3. The molecule has 0 saturated heterocycles. The second kappa shape index (κ2) is 11.1. The highest BCUT2D eigenvalue weighted by Gasteiger charge is 2.45. The highest BCUT2D eigenvalue weighted by molar-refractivity contribution is 8.01. The summed E-state index contributed by atoms with van der Waals surface area (Å²) in [4.78, 5) is 23.9. The van der Waals surface area contributed by atoms with Gasteiger partial charge in [-0.1, -0.05) is 41.0 Å². The second-order valence-corrected chi connectivity index (χ2v) is 8.58. The molecule has 0 aliphatic rings. The molecular weight excluding hydrogens is 340 g/mol. The Hall–Kier alpha value is -0.750. The zero-order valence-electron chi connectivity index (χ0n) is 16.6. The molecule has 5 nitrogen and oxygen atoms in total. The topological polar surface area (TPSA) is 83.8 Å². The van der Waals surface area contributed by atoms with Crippen molar-refractivity contribution in [2.75, 3.05) is 12.4 Å². The largest absolute Gasteiger partial charge is 0.481 e. The summed E-state index contributed by atoms with van der Waals surface area (Å²) in [5.41, 5.74) is -0.823. The van der Waals surface area contributed by atoms with Crippen molar-refractivity contribution in [2.45, 2.75) is 84.5 Å². The number of carbonyl (C=O) groups is 2. The number of aliphatic carboxylic acids is 1. The van der Waals surface area contributed by atoms with Crippen molar-refractivity contribution < 1.29 is 24.5 Å². The van der Waals surface area contributed by atoms with Gasteiger partial charge in [0.25, 0.3) is 0 Å². The van der Waals surface area contributed by atoms with Gasteiger partial charge in [-0.25, -0.2) is 0 Å². The smallest absolute Gasteiger partial charge is 0.316 e. The van der Waals surface area contributed by atoms with Crippen LogP contribution >= 0.6 is 11.8 Å². The lowest BCUT2D eigenvalue weighted by molar-refractivity contribution is -0.152. The number of carbonyl (C=O) groups excluding carboxylic acids is 1. The molecule has 0 bridgehead atoms. The summed E-state index contributed by atoms with van der Waals surface area (Å²) >= 11 is 1.49. The number of thioether (sulfide) groups is 1. The molecule has 2 N–H and O–H groups in total. The van der Waals surface area contributed by atoms with Crippen molar-refractivity contribution in [3.05, 3.63) is 0 Å². The van der Waals surface area contributed by atoms with Crippen molar-refractivity contribution in [1.29, 1.82) is 0 Å². The lowest BCUT2D eigenvalue weighted by Crippen LogP contribution is -2.42. The molecule has 25 heavy (non-hydrogen) atoms. The van der Waals surface area contributed by atoms with Crippen LogP contribution in [0.25, 0.3) is 0 Å². The standard InChI is InChI=1S/C19H36O5S/c1-7-14(5)18(6,17(22)23)13-19(9-3,10-4)25-12-16(21)24-11-15(20)8-2/h14-15,20H,7-13H2,1-6H3,(H,22,23). The van der Waals surface area contributed by atoms with Crippen LogP contribution in [-0.2, 0) is 14.3 Å². The summed E-state index contributed by atoms with van der Waals surface area (Å²) in [5, 5.41) is 19.3. The zero-order valence-corrected chi connectivity index (χ0v) is 17.4. The van der Waals surface area contributed by atoms with Crippen LogP contribution in [0.1, 0.15) is 73.6 Å². The molecule has 0 fully saturated rings. The number of hydrogen-bond donors (Lipinski definition) is 2. The molecule has 0 rings (SSSR count). The Morgan fingerprint density at radius 3 is 2.08 bits per heavy atom. The van der Waals surface area contributed by atoms with Crippen molar-refractivity contribution in [1.82, 2.24) is 0 Å². The minimum Gasteiger partial charge on any atom is -0.481 e. The molecule has 3 unspecified atom stereocenters. The van der Waals surface area contributed by atoms with Gasteiger partial charge in [0.05, 0.1) is 17.3 Å². The van der Waals surface area contributed by atoms with Crippen molar-refractivity contribution in [3.8, 4) is 0 Å². The van der Waals surface area contributed by atoms with Gasteiger partial charge in [-0.15, -0.1) is 11.8 Å². The van der Waals surface area contributed by atoms with Gasteiger partial charge in [0.15, 0.2) is 0 Å². The second-order valence-electron chi connectivity index (χ2n) is 7.13. The number of rotatable bonds is 13. The number of ether oxygens (including phenoxy) is 1. The monoisotopic (exact) mass is 376 g/mol. The number of esters is 1. The van der Waals surface area contributed by atoms with Crippen LogP contribution in [0, 0.1) is 11.3 Å². The fourth-order valence-corrected chi connectivity index (χ4v) is 4.21. The van der Waals surface area contributed by atoms with Gasteiger partial charge in [-0.3, -0.25) is 9.59 Å². The number of carboxylic acids is 1. The van der Waals surface area contributed by atoms with E-state index in [4.69, 9.17) is 4.74 Å². The van der Waals surface area contributed by atoms with E-state index in [0.717, 1.165) is 19.3 Å². The first-order chi connectivity index (χ1) is 11.6. The van der Waals surface area contributed by atoms with E-state index in [1.807, 2.05) is 41.5 Å². The molecule has 0 aromatic heterocycles. The summed E-state index contributed by atoms with van der Waals surface area (Å²) in [6.07, 6.45) is 2.81. The van der Waals surface area contributed by atoms with Gasteiger partial charge in [0.2, 0.25) is 0 Å². The molecule has 148 valence electrons. The molecular formula is C19H36O5S. The van der Waals surface area contributed by atoms with Crippen LogP contribution in [0.15, 0.2) is 0 Å². The van der Waals surface area contributed by atoms with Crippen LogP contribution < -0.4 is 0 Å². The maximum absolute atomic E-state index is 12.0. The maximum atomic E-state index is 12.0. The van der Waals surface area contributed by atoms with Crippen LogP contribution in [0.4, 0.5) is 0 Å². The van der Waals surface area contributed by atoms with Gasteiger partial charge >= 0.3 is 11.9 Å². The van der Waals surface area contributed by atoms with Crippen LogP contribution in [0.2, 0.25) is 0 Å². The summed E-state index contributed by atoms with van der Waals surface area (Å²) in [6, 6.07) is 0. The van der Waals surface area contributed by atoms with E-state index in [1.165, 1.54) is 11.8 Å². The number of carboxylic acid groups (broad SMARTS) is 1. The lowest BCUT2D eigenvalue weighted by Gasteiger charge is -2.41. The van der Waals surface area contributed by atoms with E-state index in [2.05, 4.69) is 0 Å². The van der Waals surface area contributed by atoms with Gasteiger partial charge < -0.3 is 14.9 Å². The number of aliphatic hydroxyl groups is 1. The van der Waals surface area contributed by atoms with E-state index in [-0.39, 0.29) is 29.0 Å². The fourth-order valence-electron chi connectivity index (χ4n) is 2.90. The summed E-state index contributed by atoms with van der Waals surface area (Å²) in [6.45, 7) is 11.7. The average Bonchev–Trinajstić information content (AvgIpc) is 2.61. The summed E-state index contributed by atoms with van der Waals surface area (Å²) in [5.74, 6) is -0.907. The third-order valence-corrected chi connectivity index (χ3v) is 7.28. The third kappa shape index (κ3) is 7.18. The molecule has 3 atom stereocenters. The molecule has 0 spiro atoms. The molecule has 0 aromatic carbocycles. The van der Waals surface area contributed by atoms with E-state index in [1.54, 1.807) is 0 Å². The Balaban J connectivity index is 5.04. The van der Waals surface area contributed by atoms with E-state index >= 15 is 0 Å². The van der Waals surface area contributed by atoms with Crippen molar-refractivity contribution >= 4 is 23.7 Å². The normalized spacial score (nSPS) is 16.8. The van der Waals surface area contributed by atoms with Crippen LogP contribution in [-0.4, -0.2) is 45.4 Å². The molecule has 0 aliphatic carbocycles. The molecule has 0 aliphatic heterocycles. The fraction of sp³-hybridized carbons (Fsp3) is 0.895. The highest BCUT2D eigenvalue weighted by Crippen LogP contribution is 2.46. The van der Waals surface area contributed by atoms with Crippen molar-refractivity contribution in [3.63, 3.8) is 0 Å². The van der Waals surface area contributed by atoms with Gasteiger partial charge in [-0.2, -0.15) is 0 Å². The van der Waals surface area contributed by atoms with Gasteiger partial charge in [-0.05, 0) is 38.5 Å². The predicted octanol–water partition coefficient (Wildman–Crippen LogP) is 4.12. The van der Waals surface area contributed by atoms with E-state index < -0.39 is 17.5 Å². The van der Waals surface area contributed by atoms with Crippen LogP contribution in [0.5, 0.6) is 0 Å². The maximum Gasteiger partial charge on any atom is 0.316 e. The first-order valence-electron chi connectivity index (χ1n) is 9.31. The molecule has 0 aromatic rings. The number of aliphatic hydroxyl groups excluding tert-OH is 1.